The van der Waals surface area contributed by atoms with Gasteiger partial charge < -0.3 is 40.0 Å². The summed E-state index contributed by atoms with van der Waals surface area (Å²) in [5.74, 6) is 1.13. The lowest BCUT2D eigenvalue weighted by molar-refractivity contribution is -0.122. The largest absolute Gasteiger partial charge is 0.356 e. The van der Waals surface area contributed by atoms with Crippen LogP contribution in [0.1, 0.15) is 232 Å². The summed E-state index contributed by atoms with van der Waals surface area (Å²) in [5.41, 5.74) is 0. The Morgan fingerprint density at radius 2 is 0.809 bits per heavy atom. The summed E-state index contributed by atoms with van der Waals surface area (Å²) < 4.78 is 0. The van der Waals surface area contributed by atoms with Crippen molar-refractivity contribution < 1.29 is 4.79 Å². The number of unbranched alkanes of at least 4 members (excludes halogenated alkanes) is 19. The fraction of sp³-hybridized carbons (Fsp3) is 0.983. The molecule has 0 aliphatic carbocycles. The van der Waals surface area contributed by atoms with Gasteiger partial charge in [0.05, 0.1) is 0 Å². The molecule has 9 nitrogen and oxygen atoms in total. The molecule has 2 fully saturated rings. The molecule has 0 bridgehead atoms. The van der Waals surface area contributed by atoms with Gasteiger partial charge in [0.25, 0.3) is 0 Å². The Bertz CT molecular complexity index is 1100. The normalized spacial score (nSPS) is 22.7. The zero-order valence-corrected chi connectivity index (χ0v) is 47.3. The van der Waals surface area contributed by atoms with E-state index in [4.69, 9.17) is 0 Å². The summed E-state index contributed by atoms with van der Waals surface area (Å²) in [5, 5.41) is 7.12. The van der Waals surface area contributed by atoms with E-state index in [0.717, 1.165) is 58.0 Å². The zero-order valence-electron chi connectivity index (χ0n) is 47.3. The molecule has 3 unspecified atom stereocenters. The van der Waals surface area contributed by atoms with Crippen LogP contribution in [0.25, 0.3) is 0 Å². The summed E-state index contributed by atoms with van der Waals surface area (Å²) in [6, 6.07) is 1.06. The van der Waals surface area contributed by atoms with Crippen molar-refractivity contribution in [2.45, 2.75) is 244 Å². The molecule has 2 saturated heterocycles. The minimum Gasteiger partial charge on any atom is -0.356 e. The van der Waals surface area contributed by atoms with Crippen molar-refractivity contribution in [2.24, 2.45) is 5.92 Å². The van der Waals surface area contributed by atoms with Gasteiger partial charge >= 0.3 is 0 Å². The van der Waals surface area contributed by atoms with Gasteiger partial charge in [0.1, 0.15) is 0 Å². The topological polar surface area (TPSA) is 60.6 Å². The molecule has 2 N–H and O–H groups in total. The van der Waals surface area contributed by atoms with Crippen molar-refractivity contribution in [1.29, 1.82) is 0 Å². The molecule has 3 atom stereocenters. The van der Waals surface area contributed by atoms with Crippen molar-refractivity contribution >= 4 is 5.91 Å². The molecule has 0 spiro atoms. The molecule has 2 rings (SSSR count). The van der Waals surface area contributed by atoms with E-state index in [9.17, 15) is 4.79 Å². The minimum absolute atomic E-state index is 0.246. The lowest BCUT2D eigenvalue weighted by atomic mass is 9.87. The summed E-state index contributed by atoms with van der Waals surface area (Å²) in [6.45, 7) is 17.3. The van der Waals surface area contributed by atoms with Gasteiger partial charge in [-0.25, -0.2) is 0 Å². The molecule has 2 aliphatic rings. The summed E-state index contributed by atoms with van der Waals surface area (Å²) >= 11 is 0. The Labute approximate surface area is 426 Å². The van der Waals surface area contributed by atoms with Crippen molar-refractivity contribution in [3.05, 3.63) is 0 Å². The third-order valence-corrected chi connectivity index (χ3v) is 16.2. The van der Waals surface area contributed by atoms with Crippen LogP contribution in [0.5, 0.6) is 0 Å². The van der Waals surface area contributed by atoms with Gasteiger partial charge in [0.15, 0.2) is 0 Å². The molecular weight excluding hydrogens is 837 g/mol. The number of carbonyl (C=O) groups is 1. The Morgan fingerprint density at radius 3 is 1.28 bits per heavy atom. The van der Waals surface area contributed by atoms with E-state index in [2.05, 4.69) is 89.2 Å². The number of nitrogens with zero attached hydrogens (tertiary/aromatic N) is 6. The summed E-state index contributed by atoms with van der Waals surface area (Å²) in [4.78, 5) is 28.3. The highest BCUT2D eigenvalue weighted by Gasteiger charge is 2.21. The number of rotatable bonds is 27. The number of nitrogens with one attached hydrogen (secondary N) is 2. The molecule has 0 saturated carbocycles. The van der Waals surface area contributed by atoms with Gasteiger partial charge in [-0.3, -0.25) is 4.79 Å². The van der Waals surface area contributed by atoms with E-state index >= 15 is 0 Å². The first kappa shape index (κ1) is 63.3. The quantitative estimate of drug-likeness (QED) is 0.0790. The van der Waals surface area contributed by atoms with E-state index in [1.807, 2.05) is 0 Å². The molecule has 2 heterocycles. The van der Waals surface area contributed by atoms with E-state index in [1.165, 1.54) is 251 Å². The van der Waals surface area contributed by atoms with Gasteiger partial charge in [-0.1, -0.05) is 155 Å². The average Bonchev–Trinajstić information content (AvgIpc) is 3.32. The monoisotopic (exact) mass is 959 g/mol. The fourth-order valence-corrected chi connectivity index (χ4v) is 11.3. The van der Waals surface area contributed by atoms with Crippen LogP contribution in [0.4, 0.5) is 0 Å². The highest BCUT2D eigenvalue weighted by Crippen LogP contribution is 2.27. The highest BCUT2D eigenvalue weighted by molar-refractivity contribution is 5.76. The van der Waals surface area contributed by atoms with Crippen molar-refractivity contribution in [3.63, 3.8) is 0 Å². The maximum absolute atomic E-state index is 13.0. The molecule has 0 aromatic carbocycles. The second kappa shape index (κ2) is 44.9. The fourth-order valence-electron chi connectivity index (χ4n) is 11.3. The molecule has 0 aromatic heterocycles. The van der Waals surface area contributed by atoms with E-state index in [1.54, 1.807) is 0 Å². The van der Waals surface area contributed by atoms with Crippen molar-refractivity contribution in [1.82, 2.24) is 40.0 Å². The average molecular weight is 960 g/mol. The molecular formula is C59H122N8O. The first-order chi connectivity index (χ1) is 33.2. The second-order valence-corrected chi connectivity index (χ2v) is 22.9. The van der Waals surface area contributed by atoms with Crippen molar-refractivity contribution in [2.75, 3.05) is 127 Å². The van der Waals surface area contributed by atoms with E-state index < -0.39 is 0 Å². The number of carbonyl (C=O) groups excluding carboxylic acids is 1. The van der Waals surface area contributed by atoms with Gasteiger partial charge in [0.2, 0.25) is 5.91 Å². The minimum atomic E-state index is 0.246. The van der Waals surface area contributed by atoms with Crippen LogP contribution in [0, 0.1) is 5.92 Å². The van der Waals surface area contributed by atoms with Crippen LogP contribution in [0.2, 0.25) is 0 Å². The van der Waals surface area contributed by atoms with E-state index in [-0.39, 0.29) is 5.91 Å². The Hall–Kier alpha value is -0.810. The van der Waals surface area contributed by atoms with Crippen LogP contribution in [0.3, 0.4) is 0 Å². The number of amides is 1. The maximum atomic E-state index is 13.0. The third kappa shape index (κ3) is 37.0. The smallest absolute Gasteiger partial charge is 0.221 e. The lowest BCUT2D eigenvalue weighted by Crippen LogP contribution is -2.39. The Morgan fingerprint density at radius 1 is 0.426 bits per heavy atom. The Kier molecular flexibility index (Phi) is 41.8. The number of hydrogen-bond acceptors (Lipinski definition) is 8. The number of hydrogen-bond donors (Lipinski definition) is 2. The van der Waals surface area contributed by atoms with E-state index in [0.29, 0.717) is 18.5 Å². The molecule has 0 radical (unpaired) electrons. The molecule has 0 aromatic rings. The first-order valence-electron chi connectivity index (χ1n) is 30.3. The van der Waals surface area contributed by atoms with Crippen LogP contribution in [-0.2, 0) is 4.79 Å². The maximum Gasteiger partial charge on any atom is 0.221 e. The van der Waals surface area contributed by atoms with Gasteiger partial charge in [-0.05, 0) is 197 Å². The summed E-state index contributed by atoms with van der Waals surface area (Å²) in [6.07, 6.45) is 46.9. The molecule has 68 heavy (non-hydrogen) atoms. The second-order valence-electron chi connectivity index (χ2n) is 22.9. The van der Waals surface area contributed by atoms with Gasteiger partial charge in [-0.15, -0.1) is 0 Å². The van der Waals surface area contributed by atoms with Crippen molar-refractivity contribution in [3.8, 4) is 0 Å². The van der Waals surface area contributed by atoms with Crippen LogP contribution in [-0.4, -0.2) is 175 Å². The van der Waals surface area contributed by atoms with Gasteiger partial charge in [0, 0.05) is 25.0 Å². The zero-order chi connectivity index (χ0) is 49.1. The molecule has 2 aliphatic heterocycles. The predicted octanol–water partition coefficient (Wildman–Crippen LogP) is 12.3. The van der Waals surface area contributed by atoms with Crippen LogP contribution in [0.15, 0.2) is 0 Å². The standard InChI is InChI=1S/C59H122N8O/c1-8-9-10-11-12-17-20-23-26-37-56(54-58-40-43-60-41-33-48-62(2)44-29-31-46-65(5)51-36-53-67(58)7)38-27-24-21-18-15-13-14-16-19-22-25-28-39-57-55-59(68)61-42-34-49-63(3)45-30-32-47-64(4)50-35-52-66(57)6/h56-58,60H,8-55H2,1-7H3,(H,61,68). The van der Waals surface area contributed by atoms with Crippen LogP contribution < -0.4 is 10.6 Å². The Balaban J connectivity index is 1.72. The predicted molar refractivity (Wildman–Crippen MR) is 299 cm³/mol. The third-order valence-electron chi connectivity index (χ3n) is 16.2. The lowest BCUT2D eigenvalue weighted by Gasteiger charge is -2.32. The first-order valence-corrected chi connectivity index (χ1v) is 30.3. The SMILES string of the molecule is CCCCCCCCCCCC(CCCCCCCCCCCCCCC1CC(=O)NCCCN(C)CCCCN(C)CCCN1C)CC1CCNCCCN(C)CCCCN(C)CCCN1C. The van der Waals surface area contributed by atoms with Gasteiger partial charge in [-0.2, -0.15) is 0 Å². The molecule has 1 amide bonds. The highest BCUT2D eigenvalue weighted by atomic mass is 16.1. The van der Waals surface area contributed by atoms with Crippen LogP contribution >= 0.6 is 0 Å². The molecule has 404 valence electrons. The summed E-state index contributed by atoms with van der Waals surface area (Å²) in [7, 11) is 13.9. The molecule has 9 heteroatoms.